The molecule has 19 heavy (non-hydrogen) atoms. The first kappa shape index (κ1) is 15.6. The van der Waals surface area contributed by atoms with E-state index in [1.807, 2.05) is 4.72 Å². The van der Waals surface area contributed by atoms with Gasteiger partial charge in [0.05, 0.1) is 0 Å². The molecular weight excluding hydrogens is 273 g/mol. The summed E-state index contributed by atoms with van der Waals surface area (Å²) in [5.41, 5.74) is 0.568. The minimum absolute atomic E-state index is 0.458. The van der Waals surface area contributed by atoms with E-state index >= 15 is 0 Å². The second kappa shape index (κ2) is 5.66. The van der Waals surface area contributed by atoms with Crippen LogP contribution in [-0.4, -0.2) is 25.5 Å². The molecule has 0 unspecified atom stereocenters. The number of benzene rings is 1. The molecule has 0 saturated heterocycles. The summed E-state index contributed by atoms with van der Waals surface area (Å²) in [5.74, 6) is -2.67. The Morgan fingerprint density at radius 2 is 1.95 bits per heavy atom. The fourth-order valence-electron chi connectivity index (χ4n) is 1.52. The number of sulfonamides is 1. The van der Waals surface area contributed by atoms with Gasteiger partial charge in [-0.2, -0.15) is 4.72 Å². The lowest BCUT2D eigenvalue weighted by Gasteiger charge is -2.18. The van der Waals surface area contributed by atoms with Crippen LogP contribution in [0.3, 0.4) is 0 Å². The van der Waals surface area contributed by atoms with E-state index in [9.17, 15) is 17.6 Å². The van der Waals surface area contributed by atoms with Gasteiger partial charge in [0.15, 0.2) is 0 Å². The molecule has 0 aliphatic heterocycles. The van der Waals surface area contributed by atoms with Crippen LogP contribution < -0.4 is 4.72 Å². The Balaban J connectivity index is 3.17. The number of aliphatic carboxylic acids is 1. The number of halogens is 1. The van der Waals surface area contributed by atoms with Crippen molar-refractivity contribution in [3.05, 3.63) is 29.6 Å². The van der Waals surface area contributed by atoms with Crippen LogP contribution >= 0.6 is 0 Å². The predicted molar refractivity (Wildman–Crippen MR) is 67.7 cm³/mol. The van der Waals surface area contributed by atoms with Gasteiger partial charge in [-0.15, -0.1) is 0 Å². The molecule has 0 amide bonds. The maximum atomic E-state index is 13.6. The van der Waals surface area contributed by atoms with Crippen LogP contribution in [0.25, 0.3) is 0 Å². The number of hydrogen-bond donors (Lipinski definition) is 2. The Labute approximate surface area is 111 Å². The average molecular weight is 289 g/mol. The lowest BCUT2D eigenvalue weighted by atomic mass is 10.1. The molecule has 1 aromatic rings. The maximum absolute atomic E-state index is 13.6. The highest BCUT2D eigenvalue weighted by Crippen LogP contribution is 2.17. The van der Waals surface area contributed by atoms with Crippen molar-refractivity contribution in [2.45, 2.75) is 31.7 Å². The van der Waals surface area contributed by atoms with Gasteiger partial charge in [0.25, 0.3) is 0 Å². The molecular formula is C12H16FNO4S. The standard InChI is InChI=1S/C12H16FNO4S/c1-7(2)11(12(15)16)14-19(17,18)10-6-8(3)4-5-9(10)13/h4-7,11,14H,1-3H3,(H,15,16)/t11-/m1/s1. The third-order valence-corrected chi connectivity index (χ3v) is 4.05. The number of carboxylic acid groups (broad SMARTS) is 1. The average Bonchev–Trinajstić information content (AvgIpc) is 2.28. The lowest BCUT2D eigenvalue weighted by Crippen LogP contribution is -2.44. The van der Waals surface area contributed by atoms with Crippen molar-refractivity contribution in [2.75, 3.05) is 0 Å². The van der Waals surface area contributed by atoms with Gasteiger partial charge in [-0.05, 0) is 30.5 Å². The molecule has 1 rings (SSSR count). The topological polar surface area (TPSA) is 83.5 Å². The highest BCUT2D eigenvalue weighted by atomic mass is 32.2. The Kier molecular flexibility index (Phi) is 4.65. The van der Waals surface area contributed by atoms with Crippen molar-refractivity contribution >= 4 is 16.0 Å². The number of rotatable bonds is 5. The second-order valence-corrected chi connectivity index (χ2v) is 6.30. The molecule has 0 bridgehead atoms. The van der Waals surface area contributed by atoms with Crippen molar-refractivity contribution in [3.8, 4) is 0 Å². The van der Waals surface area contributed by atoms with E-state index < -0.39 is 38.7 Å². The van der Waals surface area contributed by atoms with Crippen molar-refractivity contribution < 1.29 is 22.7 Å². The summed E-state index contributed by atoms with van der Waals surface area (Å²) in [6.07, 6.45) is 0. The van der Waals surface area contributed by atoms with Gasteiger partial charge in [-0.3, -0.25) is 4.79 Å². The monoisotopic (exact) mass is 289 g/mol. The van der Waals surface area contributed by atoms with Gasteiger partial charge in [-0.1, -0.05) is 19.9 Å². The summed E-state index contributed by atoms with van der Waals surface area (Å²) in [6.45, 7) is 4.75. The van der Waals surface area contributed by atoms with Gasteiger partial charge in [0.2, 0.25) is 10.0 Å². The summed E-state index contributed by atoms with van der Waals surface area (Å²) in [7, 11) is -4.21. The molecule has 106 valence electrons. The molecule has 7 heteroatoms. The highest BCUT2D eigenvalue weighted by molar-refractivity contribution is 7.89. The molecule has 0 aromatic heterocycles. The Hall–Kier alpha value is -1.47. The number of carboxylic acids is 1. The van der Waals surface area contributed by atoms with Crippen molar-refractivity contribution in [1.82, 2.24) is 4.72 Å². The molecule has 0 fully saturated rings. The minimum Gasteiger partial charge on any atom is -0.480 e. The van der Waals surface area contributed by atoms with E-state index in [2.05, 4.69) is 0 Å². The van der Waals surface area contributed by atoms with E-state index in [4.69, 9.17) is 5.11 Å². The predicted octanol–water partition coefficient (Wildman–Crippen LogP) is 1.52. The fraction of sp³-hybridized carbons (Fsp3) is 0.417. The molecule has 0 aliphatic carbocycles. The molecule has 0 radical (unpaired) electrons. The smallest absolute Gasteiger partial charge is 0.322 e. The largest absolute Gasteiger partial charge is 0.480 e. The van der Waals surface area contributed by atoms with E-state index in [1.54, 1.807) is 20.8 Å². The van der Waals surface area contributed by atoms with Gasteiger partial charge in [-0.25, -0.2) is 12.8 Å². The molecule has 1 aromatic carbocycles. The molecule has 0 aliphatic rings. The van der Waals surface area contributed by atoms with Gasteiger partial charge >= 0.3 is 5.97 Å². The molecule has 0 heterocycles. The second-order valence-electron chi connectivity index (χ2n) is 4.62. The zero-order valence-corrected chi connectivity index (χ0v) is 11.7. The lowest BCUT2D eigenvalue weighted by molar-refractivity contribution is -0.140. The van der Waals surface area contributed by atoms with Gasteiger partial charge in [0.1, 0.15) is 16.8 Å². The van der Waals surface area contributed by atoms with Crippen LogP contribution in [-0.2, 0) is 14.8 Å². The first-order chi connectivity index (χ1) is 8.65. The Morgan fingerprint density at radius 3 is 2.42 bits per heavy atom. The number of aryl methyl sites for hydroxylation is 1. The van der Waals surface area contributed by atoms with E-state index in [0.717, 1.165) is 12.1 Å². The van der Waals surface area contributed by atoms with Gasteiger partial charge in [0, 0.05) is 0 Å². The third-order valence-electron chi connectivity index (χ3n) is 2.59. The Bertz CT molecular complexity index is 583. The fourth-order valence-corrected chi connectivity index (χ4v) is 3.02. The van der Waals surface area contributed by atoms with Crippen molar-refractivity contribution in [1.29, 1.82) is 0 Å². The molecule has 1 atom stereocenters. The third kappa shape index (κ3) is 3.74. The van der Waals surface area contributed by atoms with Crippen LogP contribution in [0.2, 0.25) is 0 Å². The van der Waals surface area contributed by atoms with Crippen LogP contribution in [0.5, 0.6) is 0 Å². The van der Waals surface area contributed by atoms with Crippen LogP contribution in [0.4, 0.5) is 4.39 Å². The molecule has 0 saturated carbocycles. The summed E-state index contributed by atoms with van der Waals surface area (Å²) in [5, 5.41) is 8.96. The molecule has 5 nitrogen and oxygen atoms in total. The summed E-state index contributed by atoms with van der Waals surface area (Å²) >= 11 is 0. The first-order valence-corrected chi connectivity index (χ1v) is 7.14. The summed E-state index contributed by atoms with van der Waals surface area (Å²) < 4.78 is 39.6. The van der Waals surface area contributed by atoms with Crippen LogP contribution in [0, 0.1) is 18.7 Å². The maximum Gasteiger partial charge on any atom is 0.322 e. The minimum atomic E-state index is -4.21. The Morgan fingerprint density at radius 1 is 1.37 bits per heavy atom. The van der Waals surface area contributed by atoms with Gasteiger partial charge < -0.3 is 5.11 Å². The summed E-state index contributed by atoms with van der Waals surface area (Å²) in [6, 6.07) is 2.34. The van der Waals surface area contributed by atoms with E-state index in [0.29, 0.717) is 5.56 Å². The molecule has 2 N–H and O–H groups in total. The van der Waals surface area contributed by atoms with Crippen LogP contribution in [0.15, 0.2) is 23.1 Å². The molecule has 0 spiro atoms. The zero-order valence-electron chi connectivity index (χ0n) is 10.8. The van der Waals surface area contributed by atoms with Crippen LogP contribution in [0.1, 0.15) is 19.4 Å². The quantitative estimate of drug-likeness (QED) is 0.861. The van der Waals surface area contributed by atoms with E-state index in [1.165, 1.54) is 6.07 Å². The normalized spacial score (nSPS) is 13.5. The van der Waals surface area contributed by atoms with Crippen molar-refractivity contribution in [2.24, 2.45) is 5.92 Å². The SMILES string of the molecule is Cc1ccc(F)c(S(=O)(=O)N[C@@H](C(=O)O)C(C)C)c1. The van der Waals surface area contributed by atoms with E-state index in [-0.39, 0.29) is 0 Å². The number of hydrogen-bond acceptors (Lipinski definition) is 3. The van der Waals surface area contributed by atoms with Crippen molar-refractivity contribution in [3.63, 3.8) is 0 Å². The first-order valence-electron chi connectivity index (χ1n) is 5.66. The number of nitrogens with one attached hydrogen (secondary N) is 1. The summed E-state index contributed by atoms with van der Waals surface area (Å²) in [4.78, 5) is 10.4. The zero-order chi connectivity index (χ0) is 14.8. The highest BCUT2D eigenvalue weighted by Gasteiger charge is 2.29. The number of carbonyl (C=O) groups is 1.